The number of rotatable bonds is 2. The molecule has 0 radical (unpaired) electrons. The molecule has 2 aromatic rings. The van der Waals surface area contributed by atoms with Crippen LogP contribution in [0.1, 0.15) is 11.3 Å². The van der Waals surface area contributed by atoms with Crippen molar-refractivity contribution in [3.8, 4) is 0 Å². The van der Waals surface area contributed by atoms with Crippen LogP contribution < -0.4 is 5.73 Å². The van der Waals surface area contributed by atoms with E-state index >= 15 is 0 Å². The molecule has 0 fully saturated rings. The van der Waals surface area contributed by atoms with Crippen LogP contribution in [0.2, 0.25) is 0 Å². The summed E-state index contributed by atoms with van der Waals surface area (Å²) in [6.07, 6.45) is 2.62. The molecule has 4 heteroatoms. The summed E-state index contributed by atoms with van der Waals surface area (Å²) in [5.41, 5.74) is 8.59. The summed E-state index contributed by atoms with van der Waals surface area (Å²) in [7, 11) is 0. The second-order valence-electron chi connectivity index (χ2n) is 2.82. The van der Waals surface area contributed by atoms with Crippen molar-refractivity contribution in [2.24, 2.45) is 0 Å². The largest absolute Gasteiger partial charge is 0.399 e. The molecular formula is C9H9N3S. The molecule has 0 saturated carbocycles. The number of aromatic nitrogens is 2. The average Bonchev–Trinajstić information content (AvgIpc) is 2.62. The Hall–Kier alpha value is -1.42. The second-order valence-corrected chi connectivity index (χ2v) is 3.37. The minimum Gasteiger partial charge on any atom is -0.399 e. The first kappa shape index (κ1) is 8.19. The number of benzene rings is 1. The molecule has 0 aliphatic heterocycles. The third kappa shape index (κ3) is 2.03. The summed E-state index contributed by atoms with van der Waals surface area (Å²) in [5, 5.41) is 0. The lowest BCUT2D eigenvalue weighted by molar-refractivity contribution is 1.13. The van der Waals surface area contributed by atoms with E-state index in [1.165, 1.54) is 17.3 Å². The lowest BCUT2D eigenvalue weighted by atomic mass is 10.1. The fourth-order valence-corrected chi connectivity index (χ4v) is 1.54. The summed E-state index contributed by atoms with van der Waals surface area (Å²) in [6.45, 7) is 0. The van der Waals surface area contributed by atoms with Crippen molar-refractivity contribution in [2.75, 3.05) is 5.73 Å². The highest BCUT2D eigenvalue weighted by Gasteiger charge is 1.98. The maximum absolute atomic E-state index is 5.57. The van der Waals surface area contributed by atoms with Crippen LogP contribution in [0.15, 0.2) is 30.5 Å². The van der Waals surface area contributed by atoms with E-state index in [0.29, 0.717) is 0 Å². The molecule has 0 aliphatic rings. The predicted molar refractivity (Wildman–Crippen MR) is 53.6 cm³/mol. The molecule has 1 aromatic heterocycles. The van der Waals surface area contributed by atoms with Gasteiger partial charge in [-0.05, 0) is 17.7 Å². The van der Waals surface area contributed by atoms with Crippen molar-refractivity contribution in [3.05, 3.63) is 41.7 Å². The molecule has 3 nitrogen and oxygen atoms in total. The monoisotopic (exact) mass is 191 g/mol. The van der Waals surface area contributed by atoms with Gasteiger partial charge in [0.15, 0.2) is 0 Å². The lowest BCUT2D eigenvalue weighted by Crippen LogP contribution is -1.89. The maximum Gasteiger partial charge on any atom is 0.0786 e. The smallest absolute Gasteiger partial charge is 0.0786 e. The molecule has 0 atom stereocenters. The molecule has 2 rings (SSSR count). The predicted octanol–water partition coefficient (Wildman–Crippen LogP) is 1.71. The summed E-state index contributed by atoms with van der Waals surface area (Å²) in [5.74, 6) is 0. The molecule has 0 bridgehead atoms. The normalized spacial score (nSPS) is 10.2. The number of hydrogen-bond donors (Lipinski definition) is 1. The van der Waals surface area contributed by atoms with Crippen LogP contribution in [0.25, 0.3) is 0 Å². The first-order valence-electron chi connectivity index (χ1n) is 3.95. The summed E-state index contributed by atoms with van der Waals surface area (Å²) in [4.78, 5) is 0. The first-order valence-corrected chi connectivity index (χ1v) is 4.68. The van der Waals surface area contributed by atoms with Gasteiger partial charge in [0.25, 0.3) is 0 Å². The van der Waals surface area contributed by atoms with E-state index in [9.17, 15) is 0 Å². The fraction of sp³-hybridized carbons (Fsp3) is 0.111. The van der Waals surface area contributed by atoms with Crippen LogP contribution in [-0.4, -0.2) is 8.75 Å². The van der Waals surface area contributed by atoms with Gasteiger partial charge in [-0.1, -0.05) is 12.1 Å². The zero-order valence-electron chi connectivity index (χ0n) is 6.97. The molecule has 1 aromatic carbocycles. The second kappa shape index (κ2) is 3.53. The van der Waals surface area contributed by atoms with Gasteiger partial charge in [0, 0.05) is 12.1 Å². The van der Waals surface area contributed by atoms with Gasteiger partial charge in [-0.3, -0.25) is 0 Å². The Bertz CT molecular complexity index is 366. The van der Waals surface area contributed by atoms with E-state index in [4.69, 9.17) is 5.73 Å². The van der Waals surface area contributed by atoms with Gasteiger partial charge in [-0.2, -0.15) is 8.75 Å². The van der Waals surface area contributed by atoms with Crippen LogP contribution in [0.5, 0.6) is 0 Å². The zero-order valence-corrected chi connectivity index (χ0v) is 7.79. The van der Waals surface area contributed by atoms with Crippen molar-refractivity contribution in [1.82, 2.24) is 8.75 Å². The maximum atomic E-state index is 5.57. The van der Waals surface area contributed by atoms with E-state index in [1.54, 1.807) is 6.20 Å². The summed E-state index contributed by atoms with van der Waals surface area (Å²) >= 11 is 1.24. The van der Waals surface area contributed by atoms with E-state index in [1.807, 2.05) is 24.3 Å². The molecule has 0 saturated heterocycles. The quantitative estimate of drug-likeness (QED) is 0.735. The molecule has 2 N–H and O–H groups in total. The van der Waals surface area contributed by atoms with E-state index in [0.717, 1.165) is 17.8 Å². The molecule has 0 amide bonds. The Labute approximate surface area is 80.6 Å². The number of anilines is 1. The Morgan fingerprint density at radius 3 is 2.62 bits per heavy atom. The van der Waals surface area contributed by atoms with Crippen LogP contribution in [0, 0.1) is 0 Å². The van der Waals surface area contributed by atoms with Crippen LogP contribution in [-0.2, 0) is 6.42 Å². The van der Waals surface area contributed by atoms with Crippen molar-refractivity contribution < 1.29 is 0 Å². The van der Waals surface area contributed by atoms with Gasteiger partial charge in [-0.15, -0.1) is 0 Å². The molecular weight excluding hydrogens is 182 g/mol. The highest BCUT2D eigenvalue weighted by Crippen LogP contribution is 2.09. The first-order chi connectivity index (χ1) is 6.34. The Balaban J connectivity index is 2.15. The molecule has 0 unspecified atom stereocenters. The average molecular weight is 191 g/mol. The van der Waals surface area contributed by atoms with E-state index in [-0.39, 0.29) is 0 Å². The highest BCUT2D eigenvalue weighted by molar-refractivity contribution is 6.99. The van der Waals surface area contributed by atoms with E-state index in [2.05, 4.69) is 8.75 Å². The number of nitrogens with zero attached hydrogens (tertiary/aromatic N) is 2. The van der Waals surface area contributed by atoms with Gasteiger partial charge < -0.3 is 5.73 Å². The van der Waals surface area contributed by atoms with Gasteiger partial charge in [0.2, 0.25) is 0 Å². The Kier molecular flexibility index (Phi) is 2.23. The lowest BCUT2D eigenvalue weighted by Gasteiger charge is -1.97. The van der Waals surface area contributed by atoms with Crippen molar-refractivity contribution in [3.63, 3.8) is 0 Å². The topological polar surface area (TPSA) is 51.8 Å². The minimum absolute atomic E-state index is 0.792. The third-order valence-corrected chi connectivity index (χ3v) is 2.29. The number of nitrogens with two attached hydrogens (primary N) is 1. The molecule has 0 aliphatic carbocycles. The van der Waals surface area contributed by atoms with Crippen LogP contribution in [0.4, 0.5) is 5.69 Å². The Morgan fingerprint density at radius 2 is 2.00 bits per heavy atom. The van der Waals surface area contributed by atoms with Gasteiger partial charge in [0.1, 0.15) is 0 Å². The Morgan fingerprint density at radius 1 is 1.23 bits per heavy atom. The van der Waals surface area contributed by atoms with Gasteiger partial charge in [0.05, 0.1) is 23.6 Å². The van der Waals surface area contributed by atoms with Crippen LogP contribution >= 0.6 is 11.7 Å². The number of hydrogen-bond acceptors (Lipinski definition) is 4. The van der Waals surface area contributed by atoms with Crippen molar-refractivity contribution in [1.29, 1.82) is 0 Å². The SMILES string of the molecule is Nc1ccc(Cc2cnsn2)cc1. The molecule has 0 spiro atoms. The van der Waals surface area contributed by atoms with Gasteiger partial charge >= 0.3 is 0 Å². The molecule has 13 heavy (non-hydrogen) atoms. The number of nitrogen functional groups attached to an aromatic ring is 1. The van der Waals surface area contributed by atoms with Crippen molar-refractivity contribution >= 4 is 17.4 Å². The van der Waals surface area contributed by atoms with E-state index < -0.39 is 0 Å². The van der Waals surface area contributed by atoms with Crippen molar-refractivity contribution in [2.45, 2.75) is 6.42 Å². The van der Waals surface area contributed by atoms with Crippen LogP contribution in [0.3, 0.4) is 0 Å². The highest BCUT2D eigenvalue weighted by atomic mass is 32.1. The minimum atomic E-state index is 0.792. The standard InChI is InChI=1S/C9H9N3S/c10-8-3-1-7(2-4-8)5-9-6-11-13-12-9/h1-4,6H,5,10H2. The zero-order chi connectivity index (χ0) is 9.10. The summed E-state index contributed by atoms with van der Waals surface area (Å²) < 4.78 is 8.08. The fourth-order valence-electron chi connectivity index (χ4n) is 1.11. The molecule has 1 heterocycles. The van der Waals surface area contributed by atoms with Gasteiger partial charge in [-0.25, -0.2) is 0 Å². The summed E-state index contributed by atoms with van der Waals surface area (Å²) in [6, 6.07) is 7.81. The third-order valence-electron chi connectivity index (χ3n) is 1.77. The molecule has 66 valence electrons.